The van der Waals surface area contributed by atoms with Crippen molar-refractivity contribution in [1.82, 2.24) is 14.9 Å². The standard InChI is InChI=1S/C21H22FN3O3/c1-13(26)18-12-17(28-14(18)2)8-9-19(27)24-20(21-23-10-11-25(21)3)15-4-6-16(22)7-5-15/h4-7,10-12,20H,8-9H2,1-3H3,(H,24,27)/t20-/m0/s1. The van der Waals surface area contributed by atoms with Gasteiger partial charge in [-0.1, -0.05) is 12.1 Å². The number of aryl methyl sites for hydroxylation is 3. The van der Waals surface area contributed by atoms with Crippen molar-refractivity contribution in [3.05, 3.63) is 77.0 Å². The molecule has 1 N–H and O–H groups in total. The van der Waals surface area contributed by atoms with E-state index >= 15 is 0 Å². The Kier molecular flexibility index (Phi) is 5.73. The fourth-order valence-electron chi connectivity index (χ4n) is 3.09. The van der Waals surface area contributed by atoms with E-state index < -0.39 is 6.04 Å². The molecule has 3 rings (SSSR count). The number of imidazole rings is 1. The van der Waals surface area contributed by atoms with Crippen LogP contribution in [-0.2, 0) is 18.3 Å². The third kappa shape index (κ3) is 4.36. The van der Waals surface area contributed by atoms with Crippen LogP contribution in [0.1, 0.15) is 52.7 Å². The predicted molar refractivity (Wildman–Crippen MR) is 101 cm³/mol. The molecule has 1 atom stereocenters. The van der Waals surface area contributed by atoms with Gasteiger partial charge in [0.25, 0.3) is 0 Å². The first-order chi connectivity index (χ1) is 13.3. The molecule has 6 nitrogen and oxygen atoms in total. The van der Waals surface area contributed by atoms with Crippen molar-refractivity contribution >= 4 is 11.7 Å². The van der Waals surface area contributed by atoms with Gasteiger partial charge in [-0.15, -0.1) is 0 Å². The molecule has 0 aliphatic heterocycles. The summed E-state index contributed by atoms with van der Waals surface area (Å²) in [6.07, 6.45) is 3.99. The van der Waals surface area contributed by atoms with E-state index in [1.54, 1.807) is 37.5 Å². The fraction of sp³-hybridized carbons (Fsp3) is 0.286. The second-order valence-corrected chi connectivity index (χ2v) is 6.69. The topological polar surface area (TPSA) is 77.1 Å². The highest BCUT2D eigenvalue weighted by Crippen LogP contribution is 2.22. The zero-order chi connectivity index (χ0) is 20.3. The van der Waals surface area contributed by atoms with Gasteiger partial charge < -0.3 is 14.3 Å². The molecular weight excluding hydrogens is 361 g/mol. The van der Waals surface area contributed by atoms with Crippen LogP contribution >= 0.6 is 0 Å². The van der Waals surface area contributed by atoms with Crippen LogP contribution in [0.3, 0.4) is 0 Å². The van der Waals surface area contributed by atoms with Crippen LogP contribution in [0.25, 0.3) is 0 Å². The molecule has 0 fully saturated rings. The van der Waals surface area contributed by atoms with Gasteiger partial charge in [0.1, 0.15) is 29.2 Å². The van der Waals surface area contributed by atoms with Crippen molar-refractivity contribution in [2.45, 2.75) is 32.7 Å². The van der Waals surface area contributed by atoms with Crippen LogP contribution < -0.4 is 5.32 Å². The Bertz CT molecular complexity index is 989. The lowest BCUT2D eigenvalue weighted by Gasteiger charge is -2.19. The lowest BCUT2D eigenvalue weighted by atomic mass is 10.1. The van der Waals surface area contributed by atoms with Crippen LogP contribution in [0, 0.1) is 12.7 Å². The van der Waals surface area contributed by atoms with Crippen LogP contribution in [0.5, 0.6) is 0 Å². The second kappa shape index (κ2) is 8.21. The quantitative estimate of drug-likeness (QED) is 0.634. The van der Waals surface area contributed by atoms with Crippen molar-refractivity contribution in [1.29, 1.82) is 0 Å². The van der Waals surface area contributed by atoms with E-state index in [1.807, 2.05) is 11.6 Å². The normalized spacial score (nSPS) is 12.0. The number of aromatic nitrogens is 2. The van der Waals surface area contributed by atoms with Crippen LogP contribution in [0.4, 0.5) is 4.39 Å². The highest BCUT2D eigenvalue weighted by molar-refractivity contribution is 5.95. The molecule has 0 bridgehead atoms. The van der Waals surface area contributed by atoms with E-state index in [9.17, 15) is 14.0 Å². The van der Waals surface area contributed by atoms with Crippen LogP contribution in [0.2, 0.25) is 0 Å². The molecule has 0 spiro atoms. The molecule has 0 aliphatic carbocycles. The van der Waals surface area contributed by atoms with Gasteiger partial charge in [0.2, 0.25) is 5.91 Å². The SMILES string of the molecule is CC(=O)c1cc(CCC(=O)N[C@@H](c2ccc(F)cc2)c2nccn2C)oc1C. The van der Waals surface area contributed by atoms with Gasteiger partial charge in [-0.05, 0) is 37.6 Å². The molecule has 1 amide bonds. The number of carbonyl (C=O) groups excluding carboxylic acids is 2. The van der Waals surface area contributed by atoms with Gasteiger partial charge in [0.05, 0.1) is 5.56 Å². The fourth-order valence-corrected chi connectivity index (χ4v) is 3.09. The van der Waals surface area contributed by atoms with Crippen molar-refractivity contribution < 1.29 is 18.4 Å². The number of benzene rings is 1. The van der Waals surface area contributed by atoms with E-state index in [4.69, 9.17) is 4.42 Å². The highest BCUT2D eigenvalue weighted by Gasteiger charge is 2.21. The number of halogens is 1. The molecule has 0 aliphatic rings. The predicted octanol–water partition coefficient (Wildman–Crippen LogP) is 3.50. The summed E-state index contributed by atoms with van der Waals surface area (Å²) in [5.41, 5.74) is 1.27. The number of nitrogens with zero attached hydrogens (tertiary/aromatic N) is 2. The third-order valence-electron chi connectivity index (χ3n) is 4.57. The molecule has 0 radical (unpaired) electrons. The lowest BCUT2D eigenvalue weighted by molar-refractivity contribution is -0.121. The van der Waals surface area contributed by atoms with E-state index in [0.717, 1.165) is 5.56 Å². The molecule has 28 heavy (non-hydrogen) atoms. The average molecular weight is 383 g/mol. The summed E-state index contributed by atoms with van der Waals surface area (Å²) in [6.45, 7) is 3.21. The average Bonchev–Trinajstić information content (AvgIpc) is 3.24. The smallest absolute Gasteiger partial charge is 0.221 e. The minimum absolute atomic E-state index is 0.0666. The number of amides is 1. The first-order valence-electron chi connectivity index (χ1n) is 8.97. The Morgan fingerprint density at radius 3 is 2.57 bits per heavy atom. The van der Waals surface area contributed by atoms with Crippen LogP contribution in [-0.4, -0.2) is 21.2 Å². The molecular formula is C21H22FN3O3. The minimum Gasteiger partial charge on any atom is -0.466 e. The molecule has 146 valence electrons. The highest BCUT2D eigenvalue weighted by atomic mass is 19.1. The van der Waals surface area contributed by atoms with Gasteiger partial charge in [0, 0.05) is 32.3 Å². The first kappa shape index (κ1) is 19.5. The molecule has 3 aromatic rings. The van der Waals surface area contributed by atoms with Crippen molar-refractivity contribution in [3.63, 3.8) is 0 Å². The largest absolute Gasteiger partial charge is 0.466 e. The monoisotopic (exact) mass is 383 g/mol. The number of carbonyl (C=O) groups is 2. The molecule has 2 heterocycles. The van der Waals surface area contributed by atoms with Gasteiger partial charge in [-0.3, -0.25) is 9.59 Å². The summed E-state index contributed by atoms with van der Waals surface area (Å²) >= 11 is 0. The molecule has 0 unspecified atom stereocenters. The summed E-state index contributed by atoms with van der Waals surface area (Å²) in [4.78, 5) is 28.4. The molecule has 2 aromatic heterocycles. The second-order valence-electron chi connectivity index (χ2n) is 6.69. The van der Waals surface area contributed by atoms with E-state index in [2.05, 4.69) is 10.3 Å². The summed E-state index contributed by atoms with van der Waals surface area (Å²) in [5.74, 6) is 1.18. The molecule has 7 heteroatoms. The van der Waals surface area contributed by atoms with Crippen LogP contribution in [0.15, 0.2) is 47.1 Å². The number of furan rings is 1. The van der Waals surface area contributed by atoms with Gasteiger partial charge in [-0.2, -0.15) is 0 Å². The Labute approximate surface area is 162 Å². The Hall–Kier alpha value is -3.22. The summed E-state index contributed by atoms with van der Waals surface area (Å²) in [6, 6.07) is 7.15. The Morgan fingerprint density at radius 1 is 1.29 bits per heavy atom. The molecule has 0 saturated carbocycles. The lowest BCUT2D eigenvalue weighted by Crippen LogP contribution is -2.31. The molecule has 1 aromatic carbocycles. The number of Topliss-reactive ketones (excluding diaryl/α,β-unsaturated/α-hetero) is 1. The Balaban J connectivity index is 1.73. The zero-order valence-electron chi connectivity index (χ0n) is 16.0. The van der Waals surface area contributed by atoms with Gasteiger partial charge >= 0.3 is 0 Å². The number of hydrogen-bond donors (Lipinski definition) is 1. The van der Waals surface area contributed by atoms with Gasteiger partial charge in [0.15, 0.2) is 5.78 Å². The summed E-state index contributed by atoms with van der Waals surface area (Å²) < 4.78 is 20.7. The third-order valence-corrected chi connectivity index (χ3v) is 4.57. The van der Waals surface area contributed by atoms with Crippen molar-refractivity contribution in [3.8, 4) is 0 Å². The maximum atomic E-state index is 13.3. The molecule has 0 saturated heterocycles. The number of hydrogen-bond acceptors (Lipinski definition) is 4. The zero-order valence-corrected chi connectivity index (χ0v) is 16.0. The summed E-state index contributed by atoms with van der Waals surface area (Å²) in [5, 5.41) is 2.96. The first-order valence-corrected chi connectivity index (χ1v) is 8.97. The summed E-state index contributed by atoms with van der Waals surface area (Å²) in [7, 11) is 1.83. The van der Waals surface area contributed by atoms with Crippen molar-refractivity contribution in [2.24, 2.45) is 7.05 Å². The minimum atomic E-state index is -0.501. The van der Waals surface area contributed by atoms with E-state index in [-0.39, 0.29) is 23.9 Å². The van der Waals surface area contributed by atoms with Gasteiger partial charge in [-0.25, -0.2) is 9.37 Å². The number of rotatable bonds is 7. The maximum absolute atomic E-state index is 13.3. The number of ketones is 1. The maximum Gasteiger partial charge on any atom is 0.221 e. The van der Waals surface area contributed by atoms with E-state index in [0.29, 0.717) is 29.3 Å². The Morgan fingerprint density at radius 2 is 2.00 bits per heavy atom. The number of nitrogens with one attached hydrogen (secondary N) is 1. The van der Waals surface area contributed by atoms with Crippen molar-refractivity contribution in [2.75, 3.05) is 0 Å². The van der Waals surface area contributed by atoms with E-state index in [1.165, 1.54) is 19.1 Å².